The van der Waals surface area contributed by atoms with Crippen molar-refractivity contribution < 1.29 is 9.18 Å². The summed E-state index contributed by atoms with van der Waals surface area (Å²) in [5, 5.41) is 5.60. The van der Waals surface area contributed by atoms with Gasteiger partial charge in [-0.2, -0.15) is 4.98 Å². The van der Waals surface area contributed by atoms with Crippen LogP contribution in [0.15, 0.2) is 6.20 Å². The molecular weight excluding hydrogens is 227 g/mol. The highest BCUT2D eigenvalue weighted by Gasteiger charge is 2.19. The minimum absolute atomic E-state index is 0.00974. The van der Waals surface area contributed by atoms with Crippen molar-refractivity contribution in [3.63, 3.8) is 0 Å². The van der Waals surface area contributed by atoms with Gasteiger partial charge in [-0.3, -0.25) is 10.2 Å². The Morgan fingerprint density at radius 3 is 3.06 bits per heavy atom. The first-order valence-corrected chi connectivity index (χ1v) is 5.21. The third kappa shape index (κ3) is 2.78. The molecule has 1 atom stereocenters. The van der Waals surface area contributed by atoms with Gasteiger partial charge in [0.05, 0.1) is 6.20 Å². The molecule has 1 saturated heterocycles. The average molecular weight is 240 g/mol. The molecule has 1 amide bonds. The summed E-state index contributed by atoms with van der Waals surface area (Å²) < 4.78 is 13.4. The molecule has 17 heavy (non-hydrogen) atoms. The SMILES string of the molecule is NNc1ncc(F)c(NC2CCC(=O)NC2)n1. The Balaban J connectivity index is 2.04. The van der Waals surface area contributed by atoms with Crippen LogP contribution in [0.2, 0.25) is 0 Å². The molecule has 1 aliphatic heterocycles. The average Bonchev–Trinajstić information content (AvgIpc) is 2.35. The lowest BCUT2D eigenvalue weighted by Crippen LogP contribution is -2.42. The monoisotopic (exact) mass is 240 g/mol. The van der Waals surface area contributed by atoms with Gasteiger partial charge in [0.15, 0.2) is 11.6 Å². The van der Waals surface area contributed by atoms with E-state index in [9.17, 15) is 9.18 Å². The van der Waals surface area contributed by atoms with E-state index in [1.807, 2.05) is 0 Å². The number of piperidine rings is 1. The minimum Gasteiger partial charge on any atom is -0.363 e. The third-order valence-electron chi connectivity index (χ3n) is 2.48. The van der Waals surface area contributed by atoms with Crippen LogP contribution >= 0.6 is 0 Å². The maximum atomic E-state index is 13.4. The summed E-state index contributed by atoms with van der Waals surface area (Å²) >= 11 is 0. The van der Waals surface area contributed by atoms with Crippen molar-refractivity contribution >= 4 is 17.7 Å². The number of aromatic nitrogens is 2. The lowest BCUT2D eigenvalue weighted by Gasteiger charge is -2.24. The fourth-order valence-electron chi connectivity index (χ4n) is 1.59. The van der Waals surface area contributed by atoms with Crippen LogP contribution in [0.5, 0.6) is 0 Å². The number of halogens is 1. The van der Waals surface area contributed by atoms with Crippen molar-refractivity contribution in [3.8, 4) is 0 Å². The smallest absolute Gasteiger partial charge is 0.239 e. The number of anilines is 2. The molecule has 0 aliphatic carbocycles. The zero-order chi connectivity index (χ0) is 12.3. The number of nitrogens with one attached hydrogen (secondary N) is 3. The third-order valence-corrected chi connectivity index (χ3v) is 2.48. The predicted octanol–water partition coefficient (Wildman–Crippen LogP) is -0.408. The van der Waals surface area contributed by atoms with Gasteiger partial charge in [0.1, 0.15) is 0 Å². The van der Waals surface area contributed by atoms with Gasteiger partial charge in [0.25, 0.3) is 0 Å². The summed E-state index contributed by atoms with van der Waals surface area (Å²) in [7, 11) is 0. The van der Waals surface area contributed by atoms with Crippen LogP contribution in [-0.4, -0.2) is 28.5 Å². The highest BCUT2D eigenvalue weighted by atomic mass is 19.1. The molecule has 5 N–H and O–H groups in total. The number of hydrogen-bond acceptors (Lipinski definition) is 6. The van der Waals surface area contributed by atoms with E-state index >= 15 is 0 Å². The normalized spacial score (nSPS) is 19.6. The van der Waals surface area contributed by atoms with E-state index < -0.39 is 5.82 Å². The van der Waals surface area contributed by atoms with Crippen molar-refractivity contribution in [2.45, 2.75) is 18.9 Å². The topological polar surface area (TPSA) is 105 Å². The minimum atomic E-state index is -0.555. The molecule has 0 aromatic carbocycles. The molecule has 0 saturated carbocycles. The Labute approximate surface area is 97.0 Å². The van der Waals surface area contributed by atoms with E-state index in [2.05, 4.69) is 26.0 Å². The Kier molecular flexibility index (Phi) is 3.33. The zero-order valence-corrected chi connectivity index (χ0v) is 9.03. The molecule has 0 bridgehead atoms. The number of hydrogen-bond donors (Lipinski definition) is 4. The first-order chi connectivity index (χ1) is 8.19. The Morgan fingerprint density at radius 1 is 1.59 bits per heavy atom. The maximum absolute atomic E-state index is 13.4. The second-order valence-corrected chi connectivity index (χ2v) is 3.72. The summed E-state index contributed by atoms with van der Waals surface area (Å²) in [5.41, 5.74) is 2.24. The highest BCUT2D eigenvalue weighted by Crippen LogP contribution is 2.15. The van der Waals surface area contributed by atoms with Gasteiger partial charge in [0, 0.05) is 19.0 Å². The summed E-state index contributed by atoms with van der Waals surface area (Å²) in [6.07, 6.45) is 2.10. The van der Waals surface area contributed by atoms with Crippen LogP contribution in [0, 0.1) is 5.82 Å². The molecule has 1 aromatic heterocycles. The second-order valence-electron chi connectivity index (χ2n) is 3.72. The van der Waals surface area contributed by atoms with Gasteiger partial charge in [-0.1, -0.05) is 0 Å². The number of carbonyl (C=O) groups is 1. The number of nitrogens with two attached hydrogens (primary N) is 1. The molecule has 92 valence electrons. The van der Waals surface area contributed by atoms with Crippen molar-refractivity contribution in [3.05, 3.63) is 12.0 Å². The van der Waals surface area contributed by atoms with E-state index in [0.29, 0.717) is 19.4 Å². The van der Waals surface area contributed by atoms with Crippen molar-refractivity contribution in [1.82, 2.24) is 15.3 Å². The molecule has 2 heterocycles. The number of carbonyl (C=O) groups excluding carboxylic acids is 1. The Bertz CT molecular complexity index is 416. The van der Waals surface area contributed by atoms with Crippen LogP contribution in [0.4, 0.5) is 16.2 Å². The molecular formula is C9H13FN6O. The molecule has 8 heteroatoms. The van der Waals surface area contributed by atoms with E-state index in [-0.39, 0.29) is 23.7 Å². The standard InChI is InChI=1S/C9H13FN6O/c10-6-4-13-9(16-11)15-8(6)14-5-1-2-7(17)12-3-5/h4-5H,1-3,11H2,(H,12,17)(H2,13,14,15,16). The van der Waals surface area contributed by atoms with Crippen LogP contribution in [0.25, 0.3) is 0 Å². The summed E-state index contributed by atoms with van der Waals surface area (Å²) in [5.74, 6) is 4.80. The zero-order valence-electron chi connectivity index (χ0n) is 9.03. The predicted molar refractivity (Wildman–Crippen MR) is 59.5 cm³/mol. The first kappa shape index (κ1) is 11.5. The molecule has 0 spiro atoms. The highest BCUT2D eigenvalue weighted by molar-refractivity contribution is 5.77. The van der Waals surface area contributed by atoms with Gasteiger partial charge in [-0.15, -0.1) is 0 Å². The second kappa shape index (κ2) is 4.91. The number of nitrogens with zero attached hydrogens (tertiary/aromatic N) is 2. The number of hydrazine groups is 1. The summed E-state index contributed by atoms with van der Waals surface area (Å²) in [6, 6.07) is -0.0391. The van der Waals surface area contributed by atoms with E-state index in [4.69, 9.17) is 5.84 Å². The largest absolute Gasteiger partial charge is 0.363 e. The lowest BCUT2D eigenvalue weighted by atomic mass is 10.1. The fourth-order valence-corrected chi connectivity index (χ4v) is 1.59. The molecule has 1 fully saturated rings. The van der Waals surface area contributed by atoms with Crippen LogP contribution < -0.4 is 21.9 Å². The Hall–Kier alpha value is -1.96. The summed E-state index contributed by atoms with van der Waals surface area (Å²) in [6.45, 7) is 0.452. The molecule has 2 rings (SSSR count). The molecule has 1 aromatic rings. The Morgan fingerprint density at radius 2 is 2.41 bits per heavy atom. The van der Waals surface area contributed by atoms with Gasteiger partial charge in [-0.05, 0) is 6.42 Å². The number of amides is 1. The molecule has 0 radical (unpaired) electrons. The van der Waals surface area contributed by atoms with Gasteiger partial charge in [-0.25, -0.2) is 15.2 Å². The van der Waals surface area contributed by atoms with E-state index in [1.165, 1.54) is 0 Å². The van der Waals surface area contributed by atoms with Gasteiger partial charge >= 0.3 is 0 Å². The van der Waals surface area contributed by atoms with E-state index in [0.717, 1.165) is 6.20 Å². The number of nitrogen functional groups attached to an aromatic ring is 1. The molecule has 7 nitrogen and oxygen atoms in total. The molecule has 1 aliphatic rings. The number of rotatable bonds is 3. The van der Waals surface area contributed by atoms with Crippen LogP contribution in [0.3, 0.4) is 0 Å². The quantitative estimate of drug-likeness (QED) is 0.423. The first-order valence-electron chi connectivity index (χ1n) is 5.21. The lowest BCUT2D eigenvalue weighted by molar-refractivity contribution is -0.122. The summed E-state index contributed by atoms with van der Waals surface area (Å²) in [4.78, 5) is 18.5. The van der Waals surface area contributed by atoms with Crippen molar-refractivity contribution in [2.75, 3.05) is 17.3 Å². The fraction of sp³-hybridized carbons (Fsp3) is 0.444. The van der Waals surface area contributed by atoms with E-state index in [1.54, 1.807) is 0 Å². The molecule has 1 unspecified atom stereocenters. The van der Waals surface area contributed by atoms with Crippen molar-refractivity contribution in [2.24, 2.45) is 5.84 Å². The maximum Gasteiger partial charge on any atom is 0.239 e. The van der Waals surface area contributed by atoms with Gasteiger partial charge < -0.3 is 10.6 Å². The van der Waals surface area contributed by atoms with Crippen LogP contribution in [0.1, 0.15) is 12.8 Å². The van der Waals surface area contributed by atoms with Crippen LogP contribution in [-0.2, 0) is 4.79 Å². The van der Waals surface area contributed by atoms with Crippen molar-refractivity contribution in [1.29, 1.82) is 0 Å². The van der Waals surface area contributed by atoms with Gasteiger partial charge in [0.2, 0.25) is 11.9 Å².